The number of rotatable bonds is 8. The Morgan fingerprint density at radius 2 is 2.09 bits per heavy atom. The molecular formula is C12H14ClN3O6. The fourth-order valence-electron chi connectivity index (χ4n) is 1.59. The highest BCUT2D eigenvalue weighted by Crippen LogP contribution is 2.26. The van der Waals surface area contributed by atoms with E-state index in [4.69, 9.17) is 21.8 Å². The third-order valence-corrected chi connectivity index (χ3v) is 2.95. The Bertz CT molecular complexity index is 580. The molecule has 4 N–H and O–H groups in total. The first-order valence-corrected chi connectivity index (χ1v) is 6.53. The number of carbonyl (C=O) groups excluding carboxylic acids is 1. The van der Waals surface area contributed by atoms with E-state index in [0.717, 1.165) is 6.07 Å². The molecule has 0 bridgehead atoms. The van der Waals surface area contributed by atoms with E-state index in [1.807, 2.05) is 0 Å². The third-order valence-electron chi connectivity index (χ3n) is 2.63. The Balaban J connectivity index is 2.77. The predicted molar refractivity (Wildman–Crippen MR) is 77.9 cm³/mol. The normalized spacial score (nSPS) is 11.7. The standard InChI is InChI=1S/C12H14ClN3O6/c13-8-2-1-7(16(21)22)5-9(8)15-11(18)6-10(12(19)20)14-3-4-17/h1-2,5,10,14,17H,3-4,6H2,(H,15,18)(H,19,20)/t10-/m0/s1. The summed E-state index contributed by atoms with van der Waals surface area (Å²) < 4.78 is 0. The van der Waals surface area contributed by atoms with Crippen LogP contribution >= 0.6 is 11.6 Å². The molecule has 0 saturated carbocycles. The fourth-order valence-corrected chi connectivity index (χ4v) is 1.76. The van der Waals surface area contributed by atoms with Crippen LogP contribution in [0.5, 0.6) is 0 Å². The number of aliphatic hydroxyl groups is 1. The highest BCUT2D eigenvalue weighted by molar-refractivity contribution is 6.33. The molecule has 1 aromatic rings. The van der Waals surface area contributed by atoms with Crippen LogP contribution in [0.25, 0.3) is 0 Å². The fraction of sp³-hybridized carbons (Fsp3) is 0.333. The molecule has 0 saturated heterocycles. The van der Waals surface area contributed by atoms with Gasteiger partial charge in [-0.25, -0.2) is 0 Å². The van der Waals surface area contributed by atoms with Crippen molar-refractivity contribution in [2.45, 2.75) is 12.5 Å². The molecule has 10 heteroatoms. The smallest absolute Gasteiger partial charge is 0.321 e. The molecule has 22 heavy (non-hydrogen) atoms. The molecule has 0 heterocycles. The SMILES string of the molecule is O=C(C[C@H](NCCO)C(=O)O)Nc1cc([N+](=O)[O-])ccc1Cl. The van der Waals surface area contributed by atoms with Crippen molar-refractivity contribution in [3.63, 3.8) is 0 Å². The molecule has 0 aliphatic rings. The van der Waals surface area contributed by atoms with Gasteiger partial charge in [-0.15, -0.1) is 0 Å². The topological polar surface area (TPSA) is 142 Å². The average molecular weight is 332 g/mol. The van der Waals surface area contributed by atoms with Gasteiger partial charge in [0.05, 0.1) is 28.7 Å². The molecule has 1 amide bonds. The number of aliphatic carboxylic acids is 1. The van der Waals surface area contributed by atoms with Crippen LogP contribution in [0.3, 0.4) is 0 Å². The first-order valence-electron chi connectivity index (χ1n) is 6.16. The first-order chi connectivity index (χ1) is 10.3. The molecule has 1 aromatic carbocycles. The lowest BCUT2D eigenvalue weighted by Gasteiger charge is -2.14. The summed E-state index contributed by atoms with van der Waals surface area (Å²) in [6.45, 7) is -0.260. The highest BCUT2D eigenvalue weighted by atomic mass is 35.5. The zero-order chi connectivity index (χ0) is 16.7. The number of aliphatic hydroxyl groups excluding tert-OH is 1. The summed E-state index contributed by atoms with van der Waals surface area (Å²) in [5.74, 6) is -1.94. The number of non-ortho nitro benzene ring substituents is 1. The second kappa shape index (κ2) is 8.27. The van der Waals surface area contributed by atoms with Crippen LogP contribution in [-0.4, -0.2) is 46.2 Å². The van der Waals surface area contributed by atoms with Crippen molar-refractivity contribution < 1.29 is 24.7 Å². The van der Waals surface area contributed by atoms with E-state index in [0.29, 0.717) is 0 Å². The number of carboxylic acids is 1. The van der Waals surface area contributed by atoms with Crippen LogP contribution in [0, 0.1) is 10.1 Å². The highest BCUT2D eigenvalue weighted by Gasteiger charge is 2.21. The van der Waals surface area contributed by atoms with Crippen molar-refractivity contribution in [2.75, 3.05) is 18.5 Å². The van der Waals surface area contributed by atoms with Gasteiger partial charge in [0.15, 0.2) is 0 Å². The number of benzene rings is 1. The minimum atomic E-state index is -1.26. The molecule has 1 rings (SSSR count). The number of hydrogen-bond donors (Lipinski definition) is 4. The zero-order valence-electron chi connectivity index (χ0n) is 11.3. The lowest BCUT2D eigenvalue weighted by molar-refractivity contribution is -0.384. The lowest BCUT2D eigenvalue weighted by atomic mass is 10.2. The number of nitrogens with one attached hydrogen (secondary N) is 2. The van der Waals surface area contributed by atoms with Crippen LogP contribution < -0.4 is 10.6 Å². The minimum absolute atomic E-state index is 0.0157. The van der Waals surface area contributed by atoms with E-state index in [-0.39, 0.29) is 29.5 Å². The Hall–Kier alpha value is -2.23. The summed E-state index contributed by atoms with van der Waals surface area (Å²) in [6, 6.07) is 2.33. The van der Waals surface area contributed by atoms with E-state index in [1.54, 1.807) is 0 Å². The van der Waals surface area contributed by atoms with Crippen molar-refractivity contribution in [3.05, 3.63) is 33.3 Å². The summed E-state index contributed by atoms with van der Waals surface area (Å²) >= 11 is 5.83. The number of hydrogen-bond acceptors (Lipinski definition) is 6. The van der Waals surface area contributed by atoms with Gasteiger partial charge in [0.25, 0.3) is 5.69 Å². The number of carboxylic acid groups (broad SMARTS) is 1. The first kappa shape index (κ1) is 17.8. The second-order valence-electron chi connectivity index (χ2n) is 4.24. The van der Waals surface area contributed by atoms with Crippen LogP contribution in [0.4, 0.5) is 11.4 Å². The summed E-state index contributed by atoms with van der Waals surface area (Å²) in [7, 11) is 0. The maximum absolute atomic E-state index is 11.8. The van der Waals surface area contributed by atoms with Crippen LogP contribution in [-0.2, 0) is 9.59 Å². The molecule has 120 valence electrons. The van der Waals surface area contributed by atoms with Gasteiger partial charge in [-0.05, 0) is 6.07 Å². The monoisotopic (exact) mass is 331 g/mol. The molecule has 9 nitrogen and oxygen atoms in total. The maximum Gasteiger partial charge on any atom is 0.321 e. The summed E-state index contributed by atoms with van der Waals surface area (Å²) in [6.07, 6.45) is -0.422. The van der Waals surface area contributed by atoms with E-state index in [2.05, 4.69) is 10.6 Å². The summed E-state index contributed by atoms with van der Waals surface area (Å²) in [5, 5.41) is 33.2. The molecule has 0 fully saturated rings. The van der Waals surface area contributed by atoms with Crippen molar-refractivity contribution in [1.82, 2.24) is 5.32 Å². The van der Waals surface area contributed by atoms with Gasteiger partial charge in [0.2, 0.25) is 5.91 Å². The molecule has 0 aromatic heterocycles. The van der Waals surface area contributed by atoms with Gasteiger partial charge >= 0.3 is 5.97 Å². The van der Waals surface area contributed by atoms with Gasteiger partial charge < -0.3 is 20.8 Å². The van der Waals surface area contributed by atoms with Crippen LogP contribution in [0.15, 0.2) is 18.2 Å². The van der Waals surface area contributed by atoms with E-state index >= 15 is 0 Å². The lowest BCUT2D eigenvalue weighted by Crippen LogP contribution is -2.41. The summed E-state index contributed by atoms with van der Waals surface area (Å²) in [4.78, 5) is 32.8. The second-order valence-corrected chi connectivity index (χ2v) is 4.65. The zero-order valence-corrected chi connectivity index (χ0v) is 12.0. The largest absolute Gasteiger partial charge is 0.480 e. The molecule has 0 aliphatic carbocycles. The Morgan fingerprint density at radius 3 is 2.64 bits per heavy atom. The van der Waals surface area contributed by atoms with E-state index in [1.165, 1.54) is 12.1 Å². The maximum atomic E-state index is 11.8. The van der Waals surface area contributed by atoms with Crippen molar-refractivity contribution in [1.29, 1.82) is 0 Å². The molecule has 0 spiro atoms. The van der Waals surface area contributed by atoms with Gasteiger partial charge in [0, 0.05) is 18.7 Å². The Labute approximate surface area is 130 Å². The van der Waals surface area contributed by atoms with Gasteiger partial charge in [-0.3, -0.25) is 19.7 Å². The van der Waals surface area contributed by atoms with E-state index < -0.39 is 29.3 Å². The number of nitro groups is 1. The number of anilines is 1. The third kappa shape index (κ3) is 5.28. The Kier molecular flexibility index (Phi) is 6.70. The minimum Gasteiger partial charge on any atom is -0.480 e. The van der Waals surface area contributed by atoms with Crippen LogP contribution in [0.1, 0.15) is 6.42 Å². The molecule has 0 unspecified atom stereocenters. The average Bonchev–Trinajstić information content (AvgIpc) is 2.45. The van der Waals surface area contributed by atoms with Gasteiger partial charge in [-0.2, -0.15) is 0 Å². The van der Waals surface area contributed by atoms with Crippen molar-refractivity contribution >= 4 is 34.9 Å². The molecule has 0 aliphatic heterocycles. The molecular weight excluding hydrogens is 318 g/mol. The summed E-state index contributed by atoms with van der Waals surface area (Å²) in [5.41, 5.74) is -0.236. The Morgan fingerprint density at radius 1 is 1.41 bits per heavy atom. The van der Waals surface area contributed by atoms with Crippen LogP contribution in [0.2, 0.25) is 5.02 Å². The number of halogens is 1. The van der Waals surface area contributed by atoms with E-state index in [9.17, 15) is 19.7 Å². The van der Waals surface area contributed by atoms with Gasteiger partial charge in [-0.1, -0.05) is 11.6 Å². The molecule has 1 atom stereocenters. The molecule has 0 radical (unpaired) electrons. The van der Waals surface area contributed by atoms with Gasteiger partial charge in [0.1, 0.15) is 6.04 Å². The van der Waals surface area contributed by atoms with Crippen molar-refractivity contribution in [3.8, 4) is 0 Å². The quantitative estimate of drug-likeness (QED) is 0.404. The predicted octanol–water partition coefficient (Wildman–Crippen LogP) is 0.612. The number of nitrogens with zero attached hydrogens (tertiary/aromatic N) is 1. The number of carbonyl (C=O) groups is 2. The number of amides is 1. The van der Waals surface area contributed by atoms with Crippen molar-refractivity contribution in [2.24, 2.45) is 0 Å². The number of nitro benzene ring substituents is 1.